The van der Waals surface area contributed by atoms with Gasteiger partial charge in [0.25, 0.3) is 5.91 Å². The Labute approximate surface area is 159 Å². The summed E-state index contributed by atoms with van der Waals surface area (Å²) in [5, 5.41) is 2.91. The van der Waals surface area contributed by atoms with Crippen molar-refractivity contribution >= 4 is 17.8 Å². The molecule has 2 N–H and O–H groups in total. The summed E-state index contributed by atoms with van der Waals surface area (Å²) < 4.78 is 9.77. The topological polar surface area (TPSA) is 101 Å². The lowest BCUT2D eigenvalue weighted by molar-refractivity contribution is -0.126. The maximum Gasteiger partial charge on any atom is 0.339 e. The van der Waals surface area contributed by atoms with Crippen LogP contribution in [0.2, 0.25) is 0 Å². The molecule has 0 radical (unpaired) electrons. The quantitative estimate of drug-likeness (QED) is 0.551. The molecule has 2 heterocycles. The van der Waals surface area contributed by atoms with Crippen molar-refractivity contribution in [3.8, 4) is 0 Å². The number of nitrogens with zero attached hydrogens (tertiary/aromatic N) is 1. The predicted molar refractivity (Wildman–Crippen MR) is 99.7 cm³/mol. The molecule has 1 aliphatic rings. The molecule has 2 rings (SSSR count). The van der Waals surface area contributed by atoms with Crippen LogP contribution in [0.25, 0.3) is 0 Å². The molecular weight excluding hydrogens is 350 g/mol. The van der Waals surface area contributed by atoms with Gasteiger partial charge in [-0.05, 0) is 38.7 Å². The van der Waals surface area contributed by atoms with Crippen LogP contribution in [0.3, 0.4) is 0 Å². The van der Waals surface area contributed by atoms with Gasteiger partial charge in [0, 0.05) is 39.0 Å². The molecule has 0 aromatic carbocycles. The van der Waals surface area contributed by atoms with E-state index in [9.17, 15) is 14.4 Å². The van der Waals surface area contributed by atoms with Crippen LogP contribution in [0.1, 0.15) is 51.4 Å². The van der Waals surface area contributed by atoms with E-state index in [2.05, 4.69) is 10.3 Å². The second kappa shape index (κ2) is 9.55. The third-order valence-electron chi connectivity index (χ3n) is 4.94. The Kier molecular flexibility index (Phi) is 7.41. The molecule has 1 aliphatic heterocycles. The number of ether oxygens (including phenoxy) is 2. The van der Waals surface area contributed by atoms with Gasteiger partial charge >= 0.3 is 5.97 Å². The van der Waals surface area contributed by atoms with Gasteiger partial charge in [0.2, 0.25) is 5.91 Å². The van der Waals surface area contributed by atoms with Crippen LogP contribution in [0.4, 0.5) is 0 Å². The van der Waals surface area contributed by atoms with E-state index in [1.54, 1.807) is 25.9 Å². The third-order valence-corrected chi connectivity index (χ3v) is 4.94. The monoisotopic (exact) mass is 379 g/mol. The summed E-state index contributed by atoms with van der Waals surface area (Å²) in [6.45, 7) is 5.60. The van der Waals surface area contributed by atoms with Crippen LogP contribution in [-0.4, -0.2) is 68.1 Å². The first-order valence-electron chi connectivity index (χ1n) is 9.24. The number of hydrogen-bond acceptors (Lipinski definition) is 5. The van der Waals surface area contributed by atoms with Crippen LogP contribution in [0.15, 0.2) is 0 Å². The summed E-state index contributed by atoms with van der Waals surface area (Å²) in [4.78, 5) is 41.9. The number of aromatic nitrogens is 1. The van der Waals surface area contributed by atoms with E-state index in [0.717, 1.165) is 19.3 Å². The molecule has 0 saturated carbocycles. The van der Waals surface area contributed by atoms with E-state index in [1.165, 1.54) is 7.11 Å². The molecule has 0 aliphatic carbocycles. The number of carbonyl (C=O) groups is 3. The average molecular weight is 379 g/mol. The van der Waals surface area contributed by atoms with Gasteiger partial charge in [-0.15, -0.1) is 0 Å². The number of rotatable bonds is 7. The largest absolute Gasteiger partial charge is 0.465 e. The first kappa shape index (κ1) is 21.0. The average Bonchev–Trinajstić information content (AvgIpc) is 2.98. The minimum atomic E-state index is -0.466. The maximum absolute atomic E-state index is 13.0. The SMILES string of the molecule is COCCCNC(=O)C1CCCN(C(=O)c2[nH]c(C)c(C(=O)OC)c2C)C1. The molecule has 27 heavy (non-hydrogen) atoms. The molecule has 0 spiro atoms. The standard InChI is InChI=1S/C19H29N3O5/c1-12-15(19(25)27-4)13(2)21-16(12)18(24)22-9-5-7-14(11-22)17(23)20-8-6-10-26-3/h14,21H,5-11H2,1-4H3,(H,20,23). The number of aryl methyl sites for hydroxylation is 1. The number of likely N-dealkylation sites (tertiary alicyclic amines) is 1. The van der Waals surface area contributed by atoms with E-state index in [0.29, 0.717) is 48.8 Å². The molecule has 0 bridgehead atoms. The van der Waals surface area contributed by atoms with E-state index in [-0.39, 0.29) is 17.7 Å². The Balaban J connectivity index is 2.04. The first-order chi connectivity index (χ1) is 12.9. The zero-order chi connectivity index (χ0) is 20.0. The van der Waals surface area contributed by atoms with Gasteiger partial charge in [0.15, 0.2) is 0 Å². The van der Waals surface area contributed by atoms with Crippen molar-refractivity contribution in [3.63, 3.8) is 0 Å². The van der Waals surface area contributed by atoms with Crippen molar-refractivity contribution in [1.29, 1.82) is 0 Å². The number of H-pyrrole nitrogens is 1. The fourth-order valence-corrected chi connectivity index (χ4v) is 3.48. The summed E-state index contributed by atoms with van der Waals surface area (Å²) in [7, 11) is 2.94. The Hall–Kier alpha value is -2.35. The Morgan fingerprint density at radius 3 is 2.67 bits per heavy atom. The molecule has 8 heteroatoms. The highest BCUT2D eigenvalue weighted by atomic mass is 16.5. The molecule has 1 unspecified atom stereocenters. The van der Waals surface area contributed by atoms with Crippen LogP contribution < -0.4 is 5.32 Å². The second-order valence-corrected chi connectivity index (χ2v) is 6.84. The van der Waals surface area contributed by atoms with Gasteiger partial charge in [-0.1, -0.05) is 0 Å². The number of nitrogens with one attached hydrogen (secondary N) is 2. The molecule has 1 fully saturated rings. The van der Waals surface area contributed by atoms with Crippen LogP contribution in [0, 0.1) is 19.8 Å². The molecule has 8 nitrogen and oxygen atoms in total. The predicted octanol–water partition coefficient (Wildman–Crippen LogP) is 1.42. The number of amides is 2. The van der Waals surface area contributed by atoms with Crippen LogP contribution in [0.5, 0.6) is 0 Å². The molecule has 2 amide bonds. The Morgan fingerprint density at radius 1 is 1.26 bits per heavy atom. The highest BCUT2D eigenvalue weighted by Gasteiger charge is 2.31. The highest BCUT2D eigenvalue weighted by molar-refractivity contribution is 6.00. The first-order valence-corrected chi connectivity index (χ1v) is 9.24. The number of methoxy groups -OCH3 is 2. The van der Waals surface area contributed by atoms with Gasteiger partial charge in [-0.2, -0.15) is 0 Å². The van der Waals surface area contributed by atoms with Crippen molar-refractivity contribution in [2.45, 2.75) is 33.1 Å². The van der Waals surface area contributed by atoms with E-state index in [1.807, 2.05) is 0 Å². The van der Waals surface area contributed by atoms with Gasteiger partial charge in [0.05, 0.1) is 18.6 Å². The maximum atomic E-state index is 13.0. The van der Waals surface area contributed by atoms with Crippen molar-refractivity contribution in [2.75, 3.05) is 40.5 Å². The lowest BCUT2D eigenvalue weighted by Gasteiger charge is -2.32. The Bertz CT molecular complexity index is 698. The second-order valence-electron chi connectivity index (χ2n) is 6.84. The van der Waals surface area contributed by atoms with E-state index >= 15 is 0 Å². The minimum absolute atomic E-state index is 0.0294. The number of esters is 1. The Morgan fingerprint density at radius 2 is 2.00 bits per heavy atom. The minimum Gasteiger partial charge on any atom is -0.465 e. The smallest absolute Gasteiger partial charge is 0.339 e. The molecule has 1 aromatic heterocycles. The molecule has 1 atom stereocenters. The van der Waals surface area contributed by atoms with Crippen molar-refractivity contribution < 1.29 is 23.9 Å². The fraction of sp³-hybridized carbons (Fsp3) is 0.632. The molecular formula is C19H29N3O5. The van der Waals surface area contributed by atoms with E-state index in [4.69, 9.17) is 9.47 Å². The molecule has 1 saturated heterocycles. The zero-order valence-electron chi connectivity index (χ0n) is 16.5. The summed E-state index contributed by atoms with van der Waals surface area (Å²) >= 11 is 0. The number of piperidine rings is 1. The van der Waals surface area contributed by atoms with Gasteiger partial charge in [0.1, 0.15) is 5.69 Å². The molecule has 150 valence electrons. The summed E-state index contributed by atoms with van der Waals surface area (Å²) in [6, 6.07) is 0. The van der Waals surface area contributed by atoms with Crippen LogP contribution in [-0.2, 0) is 14.3 Å². The summed E-state index contributed by atoms with van der Waals surface area (Å²) in [5.41, 5.74) is 1.96. The van der Waals surface area contributed by atoms with Gasteiger partial charge in [-0.3, -0.25) is 9.59 Å². The number of hydrogen-bond donors (Lipinski definition) is 2. The lowest BCUT2D eigenvalue weighted by Crippen LogP contribution is -2.45. The van der Waals surface area contributed by atoms with Crippen molar-refractivity contribution in [2.24, 2.45) is 5.92 Å². The van der Waals surface area contributed by atoms with Gasteiger partial charge < -0.3 is 24.7 Å². The van der Waals surface area contributed by atoms with E-state index < -0.39 is 5.97 Å². The fourth-order valence-electron chi connectivity index (χ4n) is 3.48. The van der Waals surface area contributed by atoms with Gasteiger partial charge in [-0.25, -0.2) is 4.79 Å². The molecule has 1 aromatic rings. The zero-order valence-corrected chi connectivity index (χ0v) is 16.5. The normalized spacial score (nSPS) is 16.9. The number of aromatic amines is 1. The van der Waals surface area contributed by atoms with Crippen molar-refractivity contribution in [1.82, 2.24) is 15.2 Å². The highest BCUT2D eigenvalue weighted by Crippen LogP contribution is 2.23. The number of carbonyl (C=O) groups excluding carboxylic acids is 3. The lowest BCUT2D eigenvalue weighted by atomic mass is 9.96. The van der Waals surface area contributed by atoms with Crippen molar-refractivity contribution in [3.05, 3.63) is 22.5 Å². The van der Waals surface area contributed by atoms with Crippen LogP contribution >= 0.6 is 0 Å². The summed E-state index contributed by atoms with van der Waals surface area (Å²) in [5.74, 6) is -0.908. The summed E-state index contributed by atoms with van der Waals surface area (Å²) in [6.07, 6.45) is 2.29. The third kappa shape index (κ3) is 4.88.